The molecule has 0 radical (unpaired) electrons. The SMILES string of the molecule is CNC(=O)c1ccc(-c2cnc3c(NCCC(F)(F)F)cc(C(=O)c4cccc(F)c4)nn23)cc1C. The molecule has 0 unspecified atom stereocenters. The lowest BCUT2D eigenvalue weighted by Crippen LogP contribution is -2.18. The van der Waals surface area contributed by atoms with Crippen LogP contribution >= 0.6 is 0 Å². The van der Waals surface area contributed by atoms with E-state index >= 15 is 0 Å². The molecule has 4 aromatic rings. The normalized spacial score (nSPS) is 11.5. The van der Waals surface area contributed by atoms with E-state index in [2.05, 4.69) is 20.7 Å². The van der Waals surface area contributed by atoms with E-state index in [1.165, 1.54) is 42.0 Å². The van der Waals surface area contributed by atoms with Gasteiger partial charge in [0.25, 0.3) is 5.91 Å². The fraction of sp³-hybridized carbons (Fsp3) is 0.200. The van der Waals surface area contributed by atoms with Gasteiger partial charge in [-0.3, -0.25) is 9.59 Å². The van der Waals surface area contributed by atoms with Gasteiger partial charge in [0, 0.05) is 30.3 Å². The lowest BCUT2D eigenvalue weighted by Gasteiger charge is -2.12. The average Bonchev–Trinajstić information content (AvgIpc) is 3.26. The highest BCUT2D eigenvalue weighted by molar-refractivity contribution is 6.08. The Morgan fingerprint density at radius 2 is 1.86 bits per heavy atom. The van der Waals surface area contributed by atoms with Crippen molar-refractivity contribution in [2.75, 3.05) is 18.9 Å². The summed E-state index contributed by atoms with van der Waals surface area (Å²) in [5, 5.41) is 9.63. The van der Waals surface area contributed by atoms with Gasteiger partial charge < -0.3 is 10.6 Å². The van der Waals surface area contributed by atoms with Crippen LogP contribution in [0.15, 0.2) is 54.7 Å². The van der Waals surface area contributed by atoms with Crippen LogP contribution in [0, 0.1) is 12.7 Å². The lowest BCUT2D eigenvalue weighted by atomic mass is 10.0. The maximum atomic E-state index is 13.7. The minimum atomic E-state index is -4.37. The van der Waals surface area contributed by atoms with E-state index in [-0.39, 0.29) is 28.5 Å². The zero-order valence-corrected chi connectivity index (χ0v) is 19.3. The van der Waals surface area contributed by atoms with Crippen molar-refractivity contribution in [3.63, 3.8) is 0 Å². The van der Waals surface area contributed by atoms with Crippen LogP contribution in [-0.2, 0) is 0 Å². The number of amides is 1. The molecule has 11 heteroatoms. The van der Waals surface area contributed by atoms with E-state index in [0.717, 1.165) is 6.07 Å². The van der Waals surface area contributed by atoms with Crippen LogP contribution in [0.3, 0.4) is 0 Å². The number of halogens is 4. The van der Waals surface area contributed by atoms with Crippen molar-refractivity contribution >= 4 is 23.0 Å². The van der Waals surface area contributed by atoms with Crippen molar-refractivity contribution < 1.29 is 27.2 Å². The molecule has 4 rings (SSSR count). The van der Waals surface area contributed by atoms with Crippen LogP contribution in [0.1, 0.15) is 38.4 Å². The molecule has 0 bridgehead atoms. The zero-order chi connectivity index (χ0) is 26.0. The van der Waals surface area contributed by atoms with Gasteiger partial charge in [0.2, 0.25) is 5.78 Å². The Bertz CT molecular complexity index is 1460. The molecule has 2 N–H and O–H groups in total. The van der Waals surface area contributed by atoms with Crippen molar-refractivity contribution in [3.8, 4) is 11.3 Å². The average molecular weight is 499 g/mol. The third-order valence-corrected chi connectivity index (χ3v) is 5.50. The van der Waals surface area contributed by atoms with Crippen LogP contribution in [0.2, 0.25) is 0 Å². The summed E-state index contributed by atoms with van der Waals surface area (Å²) in [5.41, 5.74) is 2.52. The van der Waals surface area contributed by atoms with E-state index in [4.69, 9.17) is 0 Å². The molecule has 1 amide bonds. The number of hydrogen-bond donors (Lipinski definition) is 2. The molecule has 0 spiro atoms. The smallest absolute Gasteiger partial charge is 0.382 e. The number of hydrogen-bond acceptors (Lipinski definition) is 5. The Morgan fingerprint density at radius 3 is 2.53 bits per heavy atom. The first-order valence-corrected chi connectivity index (χ1v) is 10.9. The molecule has 36 heavy (non-hydrogen) atoms. The lowest BCUT2D eigenvalue weighted by molar-refractivity contribution is -0.131. The predicted octanol–water partition coefficient (Wildman–Crippen LogP) is 4.80. The fourth-order valence-electron chi connectivity index (χ4n) is 3.74. The number of carbonyl (C=O) groups is 2. The molecule has 0 saturated carbocycles. The second-order valence-electron chi connectivity index (χ2n) is 8.06. The first-order chi connectivity index (χ1) is 17.1. The van der Waals surface area contributed by atoms with Gasteiger partial charge in [-0.15, -0.1) is 0 Å². The summed E-state index contributed by atoms with van der Waals surface area (Å²) < 4.78 is 53.2. The molecule has 0 fully saturated rings. The van der Waals surface area contributed by atoms with Crippen LogP contribution in [-0.4, -0.2) is 46.1 Å². The fourth-order valence-corrected chi connectivity index (χ4v) is 3.74. The van der Waals surface area contributed by atoms with E-state index in [1.54, 1.807) is 25.1 Å². The number of nitrogens with one attached hydrogen (secondary N) is 2. The Kier molecular flexibility index (Phi) is 6.73. The van der Waals surface area contributed by atoms with Gasteiger partial charge in [0.15, 0.2) is 5.65 Å². The quantitative estimate of drug-likeness (QED) is 0.282. The monoisotopic (exact) mass is 499 g/mol. The van der Waals surface area contributed by atoms with Crippen molar-refractivity contribution in [2.45, 2.75) is 19.5 Å². The molecule has 2 aromatic heterocycles. The second-order valence-corrected chi connectivity index (χ2v) is 8.06. The van der Waals surface area contributed by atoms with Crippen molar-refractivity contribution in [1.29, 1.82) is 0 Å². The summed E-state index contributed by atoms with van der Waals surface area (Å²) in [6, 6.07) is 11.4. The van der Waals surface area contributed by atoms with Crippen molar-refractivity contribution in [3.05, 3.63) is 82.9 Å². The molecule has 186 valence electrons. The molecule has 7 nitrogen and oxygen atoms in total. The molecule has 2 aromatic carbocycles. The number of alkyl halides is 3. The van der Waals surface area contributed by atoms with Gasteiger partial charge in [-0.2, -0.15) is 18.3 Å². The van der Waals surface area contributed by atoms with Gasteiger partial charge >= 0.3 is 6.18 Å². The molecule has 0 aliphatic rings. The Hall–Kier alpha value is -4.28. The summed E-state index contributed by atoms with van der Waals surface area (Å²) in [6.45, 7) is 1.31. The van der Waals surface area contributed by atoms with E-state index in [1.807, 2.05) is 0 Å². The highest BCUT2D eigenvalue weighted by Crippen LogP contribution is 2.28. The second kappa shape index (κ2) is 9.76. The zero-order valence-electron chi connectivity index (χ0n) is 19.3. The Balaban J connectivity index is 1.82. The Morgan fingerprint density at radius 1 is 1.08 bits per heavy atom. The third-order valence-electron chi connectivity index (χ3n) is 5.50. The van der Waals surface area contributed by atoms with Crippen molar-refractivity contribution in [2.24, 2.45) is 0 Å². The number of benzene rings is 2. The first kappa shape index (κ1) is 24.8. The van der Waals surface area contributed by atoms with E-state index < -0.39 is 30.7 Å². The van der Waals surface area contributed by atoms with Crippen molar-refractivity contribution in [1.82, 2.24) is 19.9 Å². The molecular weight excluding hydrogens is 478 g/mol. The third kappa shape index (κ3) is 5.19. The van der Waals surface area contributed by atoms with Gasteiger partial charge in [-0.05, 0) is 42.8 Å². The summed E-state index contributed by atoms with van der Waals surface area (Å²) in [5.74, 6) is -1.48. The summed E-state index contributed by atoms with van der Waals surface area (Å²) >= 11 is 0. The predicted molar refractivity (Wildman–Crippen MR) is 126 cm³/mol. The maximum Gasteiger partial charge on any atom is 0.390 e. The topological polar surface area (TPSA) is 88.4 Å². The minimum Gasteiger partial charge on any atom is -0.382 e. The molecule has 0 atom stereocenters. The van der Waals surface area contributed by atoms with Crippen LogP contribution in [0.4, 0.5) is 23.2 Å². The summed E-state index contributed by atoms with van der Waals surface area (Å²) in [4.78, 5) is 29.4. The van der Waals surface area contributed by atoms with Crippen LogP contribution in [0.25, 0.3) is 16.9 Å². The highest BCUT2D eigenvalue weighted by Gasteiger charge is 2.27. The Labute approximate surface area is 203 Å². The number of nitrogens with zero attached hydrogens (tertiary/aromatic N) is 3. The van der Waals surface area contributed by atoms with Gasteiger partial charge in [0.1, 0.15) is 11.5 Å². The number of aromatic nitrogens is 3. The molecule has 0 saturated heterocycles. The number of rotatable bonds is 7. The summed E-state index contributed by atoms with van der Waals surface area (Å²) in [7, 11) is 1.52. The summed E-state index contributed by atoms with van der Waals surface area (Å²) in [6.07, 6.45) is -3.99. The number of anilines is 1. The maximum absolute atomic E-state index is 13.7. The molecule has 0 aliphatic carbocycles. The molecule has 0 aliphatic heterocycles. The molecular formula is C25H21F4N5O2. The number of imidazole rings is 1. The number of aryl methyl sites for hydroxylation is 1. The largest absolute Gasteiger partial charge is 0.390 e. The van der Waals surface area contributed by atoms with E-state index in [9.17, 15) is 27.2 Å². The van der Waals surface area contributed by atoms with Gasteiger partial charge in [-0.25, -0.2) is 13.9 Å². The van der Waals surface area contributed by atoms with Gasteiger partial charge in [0.05, 0.1) is 24.0 Å². The number of fused-ring (bicyclic) bond motifs is 1. The van der Waals surface area contributed by atoms with Crippen LogP contribution < -0.4 is 10.6 Å². The first-order valence-electron chi connectivity index (χ1n) is 10.9. The number of carbonyl (C=O) groups excluding carboxylic acids is 2. The van der Waals surface area contributed by atoms with Crippen LogP contribution in [0.5, 0.6) is 0 Å². The molecule has 2 heterocycles. The standard InChI is InChI=1S/C25H21F4N5O2/c1-14-10-15(6-7-18(14)24(36)30-2)21-13-32-23-20(31-9-8-25(27,28)29)12-19(33-34(21)23)22(35)16-4-3-5-17(26)11-16/h3-7,10-13,31H,8-9H2,1-2H3,(H,30,36). The highest BCUT2D eigenvalue weighted by atomic mass is 19.4. The number of ketones is 1. The minimum absolute atomic E-state index is 0.0375. The van der Waals surface area contributed by atoms with Gasteiger partial charge in [-0.1, -0.05) is 18.2 Å². The van der Waals surface area contributed by atoms with E-state index in [0.29, 0.717) is 22.4 Å².